The number of ether oxygens (including phenoxy) is 1. The van der Waals surface area contributed by atoms with Crippen LogP contribution in [0, 0.1) is 65.6 Å². The van der Waals surface area contributed by atoms with Gasteiger partial charge in [0.15, 0.2) is 29.1 Å². The largest absolute Gasteiger partial charge is 3.00 e. The molecule has 11 heteroatoms. The van der Waals surface area contributed by atoms with E-state index >= 15 is 0 Å². The van der Waals surface area contributed by atoms with Gasteiger partial charge in [-0.1, -0.05) is 33.3 Å². The number of aromatic nitrogens is 3. The van der Waals surface area contributed by atoms with E-state index in [4.69, 9.17) is 10.00 Å². The van der Waals surface area contributed by atoms with E-state index in [9.17, 15) is 19.1 Å². The fraction of sp³-hybridized carbons (Fsp3) is 0.390. The van der Waals surface area contributed by atoms with Crippen molar-refractivity contribution in [2.24, 2.45) is 0 Å². The van der Waals surface area contributed by atoms with Crippen LogP contribution in [0.2, 0.25) is 0 Å². The van der Waals surface area contributed by atoms with E-state index in [-0.39, 0.29) is 89.8 Å². The molecule has 2 aromatic carbocycles. The maximum Gasteiger partial charge on any atom is 3.00 e. The van der Waals surface area contributed by atoms with Gasteiger partial charge in [0, 0.05) is 50.7 Å². The van der Waals surface area contributed by atoms with Gasteiger partial charge in [-0.15, -0.1) is 42.5 Å². The van der Waals surface area contributed by atoms with Crippen molar-refractivity contribution in [3.63, 3.8) is 0 Å². The third-order valence-electron chi connectivity index (χ3n) is 7.51. The van der Waals surface area contributed by atoms with Crippen LogP contribution < -0.4 is 4.74 Å². The molecule has 0 saturated heterocycles. The van der Waals surface area contributed by atoms with E-state index in [2.05, 4.69) is 44.6 Å². The van der Waals surface area contributed by atoms with Crippen LogP contribution in [0.25, 0.3) is 16.9 Å². The Balaban J connectivity index is -0.000000697. The summed E-state index contributed by atoms with van der Waals surface area (Å²) < 4.78 is 21.7. The minimum Gasteiger partial charge on any atom is -0.473 e. The van der Waals surface area contributed by atoms with E-state index in [1.165, 1.54) is 18.9 Å². The van der Waals surface area contributed by atoms with E-state index in [0.29, 0.717) is 11.1 Å². The van der Waals surface area contributed by atoms with Crippen molar-refractivity contribution in [3.05, 3.63) is 110 Å². The monoisotopic (exact) mass is 863 g/mol. The van der Waals surface area contributed by atoms with Crippen LogP contribution in [0.15, 0.2) is 48.9 Å². The number of unbranched alkanes of at least 4 members (excludes halogenated alkanes) is 2. The summed E-state index contributed by atoms with van der Waals surface area (Å²) >= 11 is 0. The standard InChI is InChI=1S/C17H15FN4O.C10H11O.C7H12O2.C5H10.C2H6.2Y/c1-10(8-19)23-15-5-4-13(11(2)16(15)18)14-9-21-17-12(3)20-6-7-22(14)17;1-3-9-4-5-10(7-11)8(2)6-9;1-4-7(9,5-2)6(3)8;1-3-5-4-2;1-2;;/h4-7,9-10H,1-3H3;4-6H,3H2,1-2H3;9H,1-2,4-5H2,3H3;1-5H2;1-2H3;;/q;-1;2*-2;;;+3. The second-order valence-corrected chi connectivity index (χ2v) is 11.0. The summed E-state index contributed by atoms with van der Waals surface area (Å²) in [5.74, 6) is -0.648. The molecule has 8 nitrogen and oxygen atoms in total. The number of carbonyl (C=O) groups is 1. The number of nitrogens with zero attached hydrogens (tertiary/aromatic N) is 4. The van der Waals surface area contributed by atoms with Crippen molar-refractivity contribution in [1.29, 1.82) is 5.26 Å². The van der Waals surface area contributed by atoms with Crippen molar-refractivity contribution in [2.75, 3.05) is 0 Å². The summed E-state index contributed by atoms with van der Waals surface area (Å²) in [5, 5.41) is 18.0. The van der Waals surface area contributed by atoms with Crippen LogP contribution in [0.4, 0.5) is 4.39 Å². The van der Waals surface area contributed by atoms with Gasteiger partial charge in [-0.05, 0) is 51.8 Å². The third-order valence-corrected chi connectivity index (χ3v) is 7.51. The minimum absolute atomic E-state index is 0. The molecule has 2 aromatic heterocycles. The maximum atomic E-state index is 14.6. The Morgan fingerprint density at radius 1 is 1.10 bits per heavy atom. The number of aryl methyl sites for hydroxylation is 3. The van der Waals surface area contributed by atoms with Crippen LogP contribution in [-0.4, -0.2) is 43.2 Å². The Labute approximate surface area is 362 Å². The number of ketones is 1. The number of benzene rings is 2. The van der Waals surface area contributed by atoms with Crippen LogP contribution in [0.3, 0.4) is 0 Å². The SMILES string of the molecule is CC.CCc1ccc([C-]=O)c(C)c1.Cc1c(-c2cnc3c(C)nccn23)ccc(OC(C)C#N)c1F.[CH2-]CC(O)(C[CH2-])C(C)=O.[CH2-]CCC[CH2-].[Y+3].[Y]. The van der Waals surface area contributed by atoms with Gasteiger partial charge in [-0.25, -0.2) is 9.37 Å². The molecule has 2 heterocycles. The zero-order valence-electron chi connectivity index (χ0n) is 32.3. The van der Waals surface area contributed by atoms with Gasteiger partial charge in [-0.2, -0.15) is 24.2 Å². The second kappa shape index (κ2) is 29.2. The Morgan fingerprint density at radius 2 is 1.69 bits per heavy atom. The molecule has 52 heavy (non-hydrogen) atoms. The first-order valence-corrected chi connectivity index (χ1v) is 16.8. The molecular formula is C41H54FN4O4Y2-2. The molecular weight excluding hydrogens is 809 g/mol. The molecule has 1 radical (unpaired) electrons. The molecule has 4 aromatic rings. The molecule has 0 aliphatic rings. The van der Waals surface area contributed by atoms with Crippen LogP contribution in [-0.2, 0) is 81.4 Å². The minimum atomic E-state index is -1.28. The fourth-order valence-electron chi connectivity index (χ4n) is 4.21. The number of nitriles is 1. The molecule has 0 saturated carbocycles. The summed E-state index contributed by atoms with van der Waals surface area (Å²) in [4.78, 5) is 29.5. The van der Waals surface area contributed by atoms with Crippen LogP contribution >= 0.6 is 0 Å². The average molecular weight is 864 g/mol. The second-order valence-electron chi connectivity index (χ2n) is 11.0. The first kappa shape index (κ1) is 54.1. The van der Waals surface area contributed by atoms with Gasteiger partial charge in [0.25, 0.3) is 0 Å². The quantitative estimate of drug-likeness (QED) is 0.158. The normalized spacial score (nSPS) is 10.3. The van der Waals surface area contributed by atoms with Gasteiger partial charge < -0.3 is 42.3 Å². The first-order valence-electron chi connectivity index (χ1n) is 16.8. The third kappa shape index (κ3) is 16.9. The predicted octanol–water partition coefficient (Wildman–Crippen LogP) is 9.06. The molecule has 0 aliphatic heterocycles. The number of imidazole rings is 1. The van der Waals surface area contributed by atoms with Crippen molar-refractivity contribution >= 4 is 17.7 Å². The number of halogens is 1. The molecule has 0 spiro atoms. The Bertz CT molecular complexity index is 1660. The van der Waals surface area contributed by atoms with Crippen LogP contribution in [0.5, 0.6) is 5.75 Å². The molecule has 1 atom stereocenters. The van der Waals surface area contributed by atoms with Crippen molar-refractivity contribution < 1.29 is 89.2 Å². The Morgan fingerprint density at radius 3 is 2.12 bits per heavy atom. The average Bonchev–Trinajstić information content (AvgIpc) is 3.57. The maximum absolute atomic E-state index is 14.6. The molecule has 0 amide bonds. The summed E-state index contributed by atoms with van der Waals surface area (Å²) in [7, 11) is 0. The van der Waals surface area contributed by atoms with E-state index < -0.39 is 17.5 Å². The summed E-state index contributed by atoms with van der Waals surface area (Å²) in [6.07, 6.45) is 11.0. The molecule has 1 unspecified atom stereocenters. The molecule has 4 rings (SSSR count). The van der Waals surface area contributed by atoms with Gasteiger partial charge in [-0.3, -0.25) is 14.2 Å². The van der Waals surface area contributed by atoms with Crippen molar-refractivity contribution in [2.45, 2.75) is 106 Å². The zero-order chi connectivity index (χ0) is 38.4. The van der Waals surface area contributed by atoms with E-state index in [1.807, 2.05) is 62.7 Å². The Kier molecular flexibility index (Phi) is 30.4. The fourth-order valence-corrected chi connectivity index (χ4v) is 4.21. The summed E-state index contributed by atoms with van der Waals surface area (Å²) in [6.45, 7) is 28.6. The molecule has 0 fully saturated rings. The Hall–Kier alpha value is -2.21. The molecule has 1 N–H and O–H groups in total. The number of Topliss-reactive ketones (excluding diaryl/α,β-unsaturated/α-hetero) is 1. The molecule has 277 valence electrons. The number of aliphatic hydroxyl groups is 1. The number of fused-ring (bicyclic) bond motifs is 1. The van der Waals surface area contributed by atoms with Gasteiger partial charge in [0.1, 0.15) is 6.07 Å². The number of hydrogen-bond acceptors (Lipinski definition) is 7. The van der Waals surface area contributed by atoms with E-state index in [0.717, 1.165) is 47.4 Å². The van der Waals surface area contributed by atoms with Crippen LogP contribution in [0.1, 0.15) is 94.7 Å². The van der Waals surface area contributed by atoms with Gasteiger partial charge in [0.05, 0.1) is 29.5 Å². The van der Waals surface area contributed by atoms with Crippen molar-refractivity contribution in [1.82, 2.24) is 14.4 Å². The predicted molar refractivity (Wildman–Crippen MR) is 200 cm³/mol. The van der Waals surface area contributed by atoms with Crippen molar-refractivity contribution in [3.8, 4) is 23.1 Å². The zero-order valence-corrected chi connectivity index (χ0v) is 37.9. The molecule has 0 bridgehead atoms. The number of hydrogen-bond donors (Lipinski definition) is 1. The van der Waals surface area contributed by atoms with Gasteiger partial charge >= 0.3 is 32.7 Å². The summed E-state index contributed by atoms with van der Waals surface area (Å²) in [5.41, 5.74) is 5.16. The number of carbonyl (C=O) groups excluding carboxylic acids is 2. The molecule has 0 aliphatic carbocycles. The van der Waals surface area contributed by atoms with E-state index in [1.54, 1.807) is 44.6 Å². The summed E-state index contributed by atoms with van der Waals surface area (Å²) in [6, 6.07) is 11.1. The number of rotatable bonds is 10. The first-order chi connectivity index (χ1) is 23.8. The van der Waals surface area contributed by atoms with Gasteiger partial charge in [0.2, 0.25) is 0 Å². The topological polar surface area (TPSA) is 118 Å². The smallest absolute Gasteiger partial charge is 0.473 e.